The molecule has 8 nitrogen and oxygen atoms in total. The molecule has 0 aliphatic heterocycles. The number of carbonyl (C=O) groups is 2. The van der Waals surface area contributed by atoms with Crippen LogP contribution < -0.4 is 36.3 Å². The van der Waals surface area contributed by atoms with E-state index in [1.165, 1.54) is 18.0 Å². The summed E-state index contributed by atoms with van der Waals surface area (Å²) >= 11 is 1.24. The van der Waals surface area contributed by atoms with Gasteiger partial charge in [0, 0.05) is 11.9 Å². The number of rotatable bonds is 7. The molecular weight excluding hydrogens is 331 g/mol. The zero-order chi connectivity index (χ0) is 13.7. The van der Waals surface area contributed by atoms with E-state index in [2.05, 4.69) is 21.4 Å². The van der Waals surface area contributed by atoms with Gasteiger partial charge in [0.15, 0.2) is 17.2 Å². The Balaban J connectivity index is 0. The monoisotopic (exact) mass is 346 g/mol. The van der Waals surface area contributed by atoms with E-state index in [-0.39, 0.29) is 31.2 Å². The lowest BCUT2D eigenvalue weighted by molar-refractivity contribution is -0.407. The SMILES string of the molecule is [Cl-].[Cl-].[NH3+]C(CSc1ncc(C[C@H]([NH3+])C(=O)O)[nH]1)C(=O)O. The van der Waals surface area contributed by atoms with Crippen LogP contribution in [0, 0.1) is 0 Å². The first-order chi connectivity index (χ1) is 8.40. The maximum absolute atomic E-state index is 10.6. The highest BCUT2D eigenvalue weighted by Crippen LogP contribution is 2.14. The zero-order valence-corrected chi connectivity index (χ0v) is 12.7. The van der Waals surface area contributed by atoms with E-state index < -0.39 is 24.0 Å². The Morgan fingerprint density at radius 3 is 2.30 bits per heavy atom. The number of aromatic nitrogens is 2. The smallest absolute Gasteiger partial charge is 0.363 e. The second-order valence-electron chi connectivity index (χ2n) is 3.80. The van der Waals surface area contributed by atoms with Crippen LogP contribution in [-0.4, -0.2) is 50.0 Å². The number of halogens is 2. The molecule has 1 unspecified atom stereocenters. The number of thioether (sulfide) groups is 1. The first kappa shape index (κ1) is 21.3. The van der Waals surface area contributed by atoms with Crippen molar-refractivity contribution in [3.8, 4) is 0 Å². The average Bonchev–Trinajstić information content (AvgIpc) is 2.73. The van der Waals surface area contributed by atoms with Crippen molar-refractivity contribution in [2.75, 3.05) is 5.75 Å². The quantitative estimate of drug-likeness (QED) is 0.308. The number of hydrogen-bond donors (Lipinski definition) is 5. The largest absolute Gasteiger partial charge is 1.00 e. The van der Waals surface area contributed by atoms with Gasteiger partial charge in [0.05, 0.1) is 12.2 Å². The van der Waals surface area contributed by atoms with Crippen LogP contribution in [0.5, 0.6) is 0 Å². The van der Waals surface area contributed by atoms with Crippen molar-refractivity contribution >= 4 is 23.7 Å². The highest BCUT2D eigenvalue weighted by atomic mass is 35.5. The second kappa shape index (κ2) is 9.83. The maximum atomic E-state index is 10.6. The molecule has 0 bridgehead atoms. The molecule has 9 N–H and O–H groups in total. The summed E-state index contributed by atoms with van der Waals surface area (Å²) in [6.07, 6.45) is 1.79. The van der Waals surface area contributed by atoms with Crippen molar-refractivity contribution in [2.24, 2.45) is 0 Å². The number of aromatic amines is 1. The van der Waals surface area contributed by atoms with Crippen molar-refractivity contribution < 1.29 is 56.1 Å². The van der Waals surface area contributed by atoms with Gasteiger partial charge in [-0.15, -0.1) is 0 Å². The summed E-state index contributed by atoms with van der Waals surface area (Å²) in [5, 5.41) is 17.9. The van der Waals surface area contributed by atoms with Crippen molar-refractivity contribution in [1.82, 2.24) is 9.97 Å². The molecule has 0 aliphatic carbocycles. The number of carboxylic acid groups (broad SMARTS) is 2. The van der Waals surface area contributed by atoms with Crippen molar-refractivity contribution in [2.45, 2.75) is 23.7 Å². The Morgan fingerprint density at radius 1 is 1.25 bits per heavy atom. The molecule has 116 valence electrons. The Hall–Kier alpha value is -1.00. The topological polar surface area (TPSA) is 159 Å². The van der Waals surface area contributed by atoms with Gasteiger partial charge in [-0.25, -0.2) is 14.6 Å². The molecule has 2 atom stereocenters. The summed E-state index contributed by atoms with van der Waals surface area (Å²) in [7, 11) is 0. The second-order valence-corrected chi connectivity index (χ2v) is 4.81. The summed E-state index contributed by atoms with van der Waals surface area (Å²) < 4.78 is 0. The van der Waals surface area contributed by atoms with Gasteiger partial charge in [0.1, 0.15) is 0 Å². The molecule has 0 saturated heterocycles. The van der Waals surface area contributed by atoms with E-state index in [4.69, 9.17) is 10.2 Å². The van der Waals surface area contributed by atoms with E-state index in [1.807, 2.05) is 0 Å². The molecule has 0 fully saturated rings. The molecule has 1 aromatic rings. The molecule has 0 spiro atoms. The highest BCUT2D eigenvalue weighted by molar-refractivity contribution is 7.99. The lowest BCUT2D eigenvalue weighted by Crippen LogP contribution is -3.00. The minimum Gasteiger partial charge on any atom is -1.00 e. The van der Waals surface area contributed by atoms with Crippen molar-refractivity contribution in [3.63, 3.8) is 0 Å². The van der Waals surface area contributed by atoms with Crippen LogP contribution in [0.25, 0.3) is 0 Å². The lowest BCUT2D eigenvalue weighted by Gasteiger charge is -2.01. The van der Waals surface area contributed by atoms with E-state index in [1.54, 1.807) is 0 Å². The molecule has 0 radical (unpaired) electrons. The predicted molar refractivity (Wildman–Crippen MR) is 61.6 cm³/mol. The highest BCUT2D eigenvalue weighted by Gasteiger charge is 2.19. The molecule has 1 heterocycles. The molecule has 0 aromatic carbocycles. The van der Waals surface area contributed by atoms with E-state index in [0.29, 0.717) is 16.6 Å². The van der Waals surface area contributed by atoms with Gasteiger partial charge in [-0.2, -0.15) is 0 Å². The number of quaternary nitrogens is 2. The van der Waals surface area contributed by atoms with Crippen molar-refractivity contribution in [3.05, 3.63) is 11.9 Å². The van der Waals surface area contributed by atoms with Gasteiger partial charge in [-0.05, 0) is 0 Å². The fourth-order valence-electron chi connectivity index (χ4n) is 1.12. The lowest BCUT2D eigenvalue weighted by atomic mass is 10.2. The molecule has 20 heavy (non-hydrogen) atoms. The van der Waals surface area contributed by atoms with Crippen LogP contribution in [0.2, 0.25) is 0 Å². The first-order valence-electron chi connectivity index (χ1n) is 5.18. The van der Waals surface area contributed by atoms with Gasteiger partial charge in [-0.3, -0.25) is 0 Å². The molecule has 0 aliphatic rings. The van der Waals surface area contributed by atoms with Gasteiger partial charge >= 0.3 is 11.9 Å². The number of H-pyrrole nitrogens is 1. The minimum atomic E-state index is -0.970. The number of hydrogen-bond acceptors (Lipinski definition) is 4. The van der Waals surface area contributed by atoms with Crippen LogP contribution in [0.4, 0.5) is 0 Å². The summed E-state index contributed by atoms with van der Waals surface area (Å²) in [6.45, 7) is 0. The fourth-order valence-corrected chi connectivity index (χ4v) is 1.95. The summed E-state index contributed by atoms with van der Waals surface area (Å²) in [6, 6.07) is -1.44. The van der Waals surface area contributed by atoms with E-state index in [9.17, 15) is 9.59 Å². The molecule has 1 aromatic heterocycles. The van der Waals surface area contributed by atoms with Crippen LogP contribution >= 0.6 is 11.8 Å². The summed E-state index contributed by atoms with van der Waals surface area (Å²) in [4.78, 5) is 28.1. The predicted octanol–water partition coefficient (Wildman–Crippen LogP) is -8.56. The van der Waals surface area contributed by atoms with Gasteiger partial charge in [-0.1, -0.05) is 11.8 Å². The number of carboxylic acids is 2. The minimum absolute atomic E-state index is 0. The number of aliphatic carboxylic acids is 2. The molecule has 11 heteroatoms. The van der Waals surface area contributed by atoms with E-state index in [0.717, 1.165) is 0 Å². The Morgan fingerprint density at radius 2 is 1.80 bits per heavy atom. The molecule has 1 rings (SSSR count). The maximum Gasteiger partial charge on any atom is 0.363 e. The Labute approximate surface area is 131 Å². The summed E-state index contributed by atoms with van der Waals surface area (Å²) in [5.74, 6) is -1.63. The Bertz CT molecular complexity index is 445. The third-order valence-electron chi connectivity index (χ3n) is 2.19. The normalized spacial score (nSPS) is 12.7. The van der Waals surface area contributed by atoms with E-state index >= 15 is 0 Å². The summed E-state index contributed by atoms with van der Waals surface area (Å²) in [5.41, 5.74) is 7.64. The van der Waals surface area contributed by atoms with Gasteiger partial charge < -0.3 is 51.5 Å². The first-order valence-corrected chi connectivity index (χ1v) is 6.17. The number of nitrogens with zero attached hydrogens (tertiary/aromatic N) is 1. The number of nitrogens with one attached hydrogen (secondary N) is 1. The third kappa shape index (κ3) is 6.96. The number of imidazole rings is 1. The van der Waals surface area contributed by atoms with Crippen LogP contribution in [0.3, 0.4) is 0 Å². The van der Waals surface area contributed by atoms with Crippen LogP contribution in [0.15, 0.2) is 11.4 Å². The van der Waals surface area contributed by atoms with Gasteiger partial charge in [0.2, 0.25) is 0 Å². The van der Waals surface area contributed by atoms with Gasteiger partial charge in [0.25, 0.3) is 0 Å². The average molecular weight is 347 g/mol. The van der Waals surface area contributed by atoms with Crippen LogP contribution in [0.1, 0.15) is 5.69 Å². The Kier molecular flexibility index (Phi) is 10.5. The molecular formula is C9H16Cl2N4O4S. The molecule has 0 amide bonds. The van der Waals surface area contributed by atoms with Crippen molar-refractivity contribution in [1.29, 1.82) is 0 Å². The zero-order valence-electron chi connectivity index (χ0n) is 10.4. The standard InChI is InChI=1S/C9H14N4O4S.2ClH/c10-5(7(14)15)1-4-2-12-9(13-4)18-3-6(11)8(16)17;;/h2,5-6H,1,3,10-11H2,(H,12,13)(H,14,15)(H,16,17);2*1H/t5-,6?;;/m0../s1. The third-order valence-corrected chi connectivity index (χ3v) is 3.24. The molecule has 0 saturated carbocycles. The fraction of sp³-hybridized carbons (Fsp3) is 0.444. The van der Waals surface area contributed by atoms with Crippen LogP contribution in [-0.2, 0) is 16.0 Å².